The van der Waals surface area contributed by atoms with E-state index in [4.69, 9.17) is 108 Å². The van der Waals surface area contributed by atoms with Gasteiger partial charge in [-0.05, 0) is 269 Å². The summed E-state index contributed by atoms with van der Waals surface area (Å²) < 4.78 is 0. The Bertz CT molecular complexity index is 3020. The van der Waals surface area contributed by atoms with Crippen molar-refractivity contribution >= 4 is 35.7 Å². The SMILES string of the molecule is CC.CC(C)(C)C(N)=O.CC(C)(C)C(N)CN.CC(C)(C)C(O)CN.CC(C)(C)C1CCN(C(=N)N)CC1.CC(C)(C)C1CCNC1.CC(C)(C)C1CCNCC1.CC(C)(C)C1CN(C(=N)N)C1.CC(C)(C)C1CNC1.CC(C)(C)CCCCCN.CC(C)(C)CCCN=C(N)N.CC(C)(C)CCN.CC(C)(C)CCN.CC(C)(C)CCN=C(N)N.CC(C)(C)CN.CC(C)(C)CN=C(N)N.CC(C)(C)N1CCNCC1. The third-order valence-corrected chi connectivity index (χ3v) is 25.1. The van der Waals surface area contributed by atoms with Crippen LogP contribution in [0.5, 0.6) is 0 Å². The van der Waals surface area contributed by atoms with Gasteiger partial charge in [-0.1, -0.05) is 338 Å². The Balaban J connectivity index is -0.000000148. The summed E-state index contributed by atoms with van der Waals surface area (Å²) in [6, 6.07) is 0.127. The van der Waals surface area contributed by atoms with Gasteiger partial charge in [0, 0.05) is 102 Å². The van der Waals surface area contributed by atoms with Gasteiger partial charge in [0.15, 0.2) is 29.8 Å². The number of unbranched alkanes of at least 4 members (excludes halogenated alkanes) is 2. The minimum absolute atomic E-state index is 0.0608. The molecule has 0 radical (unpaired) electrons. The largest absolute Gasteiger partial charge is 0.391 e. The molecule has 146 heavy (non-hydrogen) atoms. The number of piperidine rings is 2. The molecule has 0 spiro atoms. The van der Waals surface area contributed by atoms with Gasteiger partial charge >= 0.3 is 0 Å². The van der Waals surface area contributed by atoms with Crippen molar-refractivity contribution in [2.24, 2.45) is 218 Å². The molecule has 0 bridgehead atoms. The number of nitrogens with zero attached hydrogens (tertiary/aromatic N) is 6. The summed E-state index contributed by atoms with van der Waals surface area (Å²) in [6.07, 6.45) is 16.7. The minimum atomic E-state index is -0.373. The van der Waals surface area contributed by atoms with E-state index in [0.29, 0.717) is 90.7 Å². The van der Waals surface area contributed by atoms with E-state index < -0.39 is 0 Å². The number of primary amides is 1. The van der Waals surface area contributed by atoms with E-state index in [9.17, 15) is 4.79 Å². The molecule has 6 heterocycles. The van der Waals surface area contributed by atoms with Crippen LogP contribution in [0.25, 0.3) is 0 Å². The van der Waals surface area contributed by atoms with Gasteiger partial charge in [0.2, 0.25) is 5.91 Å². The zero-order valence-electron chi connectivity index (χ0n) is 107. The Kier molecular flexibility index (Phi) is 90.9. The maximum Gasteiger partial charge on any atom is 0.222 e. The molecule has 6 fully saturated rings. The molecule has 6 saturated heterocycles. The first-order valence-electron chi connectivity index (χ1n) is 56.0. The molecule has 3 unspecified atom stereocenters. The molecule has 0 aliphatic carbocycles. The molecule has 30 nitrogen and oxygen atoms in total. The van der Waals surface area contributed by atoms with Crippen molar-refractivity contribution in [2.45, 2.75) is 454 Å². The molecule has 0 aromatic rings. The average Bonchev–Trinajstić information content (AvgIpc) is 0.878. The summed E-state index contributed by atoms with van der Waals surface area (Å²) in [5.74, 6) is 4.97. The maximum absolute atomic E-state index is 10.2. The lowest BCUT2D eigenvalue weighted by Gasteiger charge is -2.46. The molecule has 39 N–H and O–H groups in total. The van der Waals surface area contributed by atoms with Gasteiger partial charge in [-0.2, -0.15) is 0 Å². The lowest BCUT2D eigenvalue weighted by atomic mass is 9.75. The molecule has 0 aromatic carbocycles. The summed E-state index contributed by atoms with van der Waals surface area (Å²) in [5.41, 5.74) is 89.1. The number of aliphatic hydroxyl groups is 1. The van der Waals surface area contributed by atoms with Gasteiger partial charge in [-0.15, -0.1) is 0 Å². The lowest BCUT2D eigenvalue weighted by molar-refractivity contribution is -0.125. The number of hydrogen-bond donors (Lipinski definition) is 23. The monoisotopic (exact) mass is 2090 g/mol. The Morgan fingerprint density at radius 3 is 0.836 bits per heavy atom. The number of aliphatic hydroxyl groups excluding tert-OH is 1. The molecule has 6 aliphatic heterocycles. The van der Waals surface area contributed by atoms with Crippen molar-refractivity contribution in [1.82, 2.24) is 36.0 Å². The van der Waals surface area contributed by atoms with E-state index in [1.165, 1.54) is 110 Å². The minimum Gasteiger partial charge on any atom is -0.391 e. The van der Waals surface area contributed by atoms with Gasteiger partial charge in [-0.3, -0.25) is 35.5 Å². The molecule has 6 rings (SSSR count). The van der Waals surface area contributed by atoms with Crippen LogP contribution in [0.3, 0.4) is 0 Å². The number of hydrogen-bond acceptors (Lipinski definition) is 19. The fourth-order valence-electron chi connectivity index (χ4n) is 12.7. The predicted octanol–water partition coefficient (Wildman–Crippen LogP) is 18.7. The van der Waals surface area contributed by atoms with Gasteiger partial charge in [0.1, 0.15) is 0 Å². The van der Waals surface area contributed by atoms with Crippen LogP contribution < -0.4 is 113 Å². The second-order valence-electron chi connectivity index (χ2n) is 58.4. The number of carbonyl (C=O) groups is 1. The van der Waals surface area contributed by atoms with Crippen molar-refractivity contribution in [3.05, 3.63) is 0 Å². The van der Waals surface area contributed by atoms with Crippen molar-refractivity contribution in [3.63, 3.8) is 0 Å². The van der Waals surface area contributed by atoms with Gasteiger partial charge in [0.05, 0.1) is 6.10 Å². The summed E-state index contributed by atoms with van der Waals surface area (Å²) in [6.45, 7) is 131. The van der Waals surface area contributed by atoms with Crippen molar-refractivity contribution < 1.29 is 9.90 Å². The zero-order chi connectivity index (χ0) is 118. The van der Waals surface area contributed by atoms with Crippen LogP contribution in [0.4, 0.5) is 0 Å². The molecule has 0 aromatic heterocycles. The van der Waals surface area contributed by atoms with Crippen LogP contribution in [0, 0.1) is 122 Å². The highest BCUT2D eigenvalue weighted by atomic mass is 16.3. The van der Waals surface area contributed by atoms with Crippen molar-refractivity contribution in [3.8, 4) is 0 Å². The molecule has 6 aliphatic rings. The first-order valence-corrected chi connectivity index (χ1v) is 56.0. The second-order valence-corrected chi connectivity index (χ2v) is 58.4. The molecular formula is C116H270N28O2. The van der Waals surface area contributed by atoms with Crippen LogP contribution in [0.1, 0.15) is 436 Å². The van der Waals surface area contributed by atoms with Gasteiger partial charge in [0.25, 0.3) is 0 Å². The highest BCUT2D eigenvalue weighted by Crippen LogP contribution is 2.37. The van der Waals surface area contributed by atoms with E-state index in [0.717, 1.165) is 134 Å². The number of likely N-dealkylation sites (tertiary alicyclic amines) is 2. The van der Waals surface area contributed by atoms with Gasteiger partial charge < -0.3 is 128 Å². The number of nitrogens with one attached hydrogen (secondary N) is 6. The number of piperazine rings is 1. The second kappa shape index (κ2) is 81.0. The molecule has 886 valence electrons. The number of rotatable bonds is 14. The Hall–Kier alpha value is -4.70. The molecule has 1 amide bonds. The van der Waals surface area contributed by atoms with E-state index in [-0.39, 0.29) is 69.5 Å². The van der Waals surface area contributed by atoms with Crippen molar-refractivity contribution in [1.29, 1.82) is 10.8 Å². The van der Waals surface area contributed by atoms with Crippen LogP contribution in [0.2, 0.25) is 0 Å². The molecule has 3 atom stereocenters. The number of aliphatic imine (C=N–C) groups is 3. The van der Waals surface area contributed by atoms with Crippen LogP contribution >= 0.6 is 0 Å². The first-order chi connectivity index (χ1) is 65.1. The average molecular weight is 2090 g/mol. The standard InChI is InChI=1S/C10H21N3.C9H19N.C9H21N.C8H17N3.C8H19N3.C8H18N2.C8H17N.C7H17N3.C7H15N.C6H15N3.C6H16N2.C6H15NO.2C6H15N.C5H11NO.C5H13N.C2H6/c1-10(2,3)8-4-6-13(7-5-8)9(11)12;1-9(2,3)8-4-6-10-7-5-8;1-9(2,3)7-5-4-6-8-10;1-8(2,3)6-4-11(5-6)7(9)10;1-8(2,3)5-4-6-11-7(9)10;1-8(2,3)10-6-4-9-5-7-10;1-8(2,3)7-4-5-9-6-7;1-7(2,3)4-5-10-6(8)9;1-7(2,3)6-4-8-5-6;1-6(2,3)4-9-5(7)8;2*1-6(2,3)5(8)4-7;2*1-6(2,3)4-5-7;1-5(2,3)4(6)7;1-5(2,3)4-6;1-2/h8H,4-7H2,1-3H3,(H3,11,12);8,10H,4-7H2,1-3H3;4-8,10H2,1-3H3;6H,4-5H2,1-3H3,(H3,9,10);4-6H2,1-3H3,(H4,9,10,11);9H,4-7H2,1-3H3;7,9H,4-6H2,1-3H3;4-5H2,1-3H3,(H4,8,9,10);6,8H,4-5H2,1-3H3;4H2,1-3H3,(H4,7,8,9);5H,4,7-8H2,1-3H3;5,8H,4,7H2,1-3H3;2*4-5,7H2,1-3H3;1-3H3,(H2,6,7);4,6H2,1-3H3;1-2H3. The van der Waals surface area contributed by atoms with E-state index in [1.807, 2.05) is 44.4 Å². The molecule has 30 heteroatoms. The van der Waals surface area contributed by atoms with E-state index in [2.05, 4.69) is 332 Å². The third-order valence-electron chi connectivity index (χ3n) is 25.1. The zero-order valence-corrected chi connectivity index (χ0v) is 107. The summed E-state index contributed by atoms with van der Waals surface area (Å²) in [4.78, 5) is 28.3. The lowest BCUT2D eigenvalue weighted by Crippen LogP contribution is -2.56. The van der Waals surface area contributed by atoms with E-state index in [1.54, 1.807) is 20.8 Å². The van der Waals surface area contributed by atoms with Crippen LogP contribution in [0.15, 0.2) is 15.0 Å². The summed E-state index contributed by atoms with van der Waals surface area (Å²) in [5, 5.41) is 36.9. The maximum atomic E-state index is 10.2. The Morgan fingerprint density at radius 2 is 0.651 bits per heavy atom. The van der Waals surface area contributed by atoms with Gasteiger partial charge in [-0.25, -0.2) is 0 Å². The summed E-state index contributed by atoms with van der Waals surface area (Å²) >= 11 is 0. The Morgan fingerprint density at radius 1 is 0.336 bits per heavy atom. The number of carbonyl (C=O) groups excluding carboxylic acids is 1. The molecule has 0 saturated carbocycles. The highest BCUT2D eigenvalue weighted by molar-refractivity contribution is 5.79. The van der Waals surface area contributed by atoms with Crippen molar-refractivity contribution in [2.75, 3.05) is 151 Å². The predicted molar refractivity (Wildman–Crippen MR) is 655 cm³/mol. The third kappa shape index (κ3) is 123. The number of guanidine groups is 5. The Labute approximate surface area is 909 Å². The quantitative estimate of drug-likeness (QED) is 0.0436. The smallest absolute Gasteiger partial charge is 0.222 e. The van der Waals surface area contributed by atoms with Crippen LogP contribution in [-0.2, 0) is 4.79 Å². The van der Waals surface area contributed by atoms with E-state index >= 15 is 0 Å². The fraction of sp³-hybridized carbons (Fsp3) is 0.948. The number of amides is 1. The normalized spacial score (nSPS) is 16.6. The summed E-state index contributed by atoms with van der Waals surface area (Å²) in [7, 11) is 0. The first kappa shape index (κ1) is 164. The molecular weight excluding hydrogens is 1820 g/mol. The topological polar surface area (TPSA) is 596 Å². The number of nitrogens with two attached hydrogens (primary N) is 16. The fourth-order valence-corrected chi connectivity index (χ4v) is 12.7. The highest BCUT2D eigenvalue weighted by Gasteiger charge is 2.37. The van der Waals surface area contributed by atoms with Crippen LogP contribution in [-0.4, -0.2) is 224 Å².